The maximum Gasteiger partial charge on any atom is 0.416 e. The van der Waals surface area contributed by atoms with Gasteiger partial charge in [0.05, 0.1) is 12.1 Å². The molecule has 2 amide bonds. The van der Waals surface area contributed by atoms with Gasteiger partial charge in [-0.05, 0) is 37.0 Å². The zero-order valence-electron chi connectivity index (χ0n) is 12.0. The summed E-state index contributed by atoms with van der Waals surface area (Å²) >= 11 is 0. The van der Waals surface area contributed by atoms with Gasteiger partial charge in [-0.2, -0.15) is 13.2 Å². The number of carbonyl (C=O) groups is 2. The van der Waals surface area contributed by atoms with Crippen molar-refractivity contribution in [1.29, 1.82) is 0 Å². The number of hydrogen-bond donors (Lipinski definition) is 2. The number of alkyl halides is 3. The van der Waals surface area contributed by atoms with Gasteiger partial charge in [-0.15, -0.1) is 0 Å². The maximum absolute atomic E-state index is 12.5. The quantitative estimate of drug-likeness (QED) is 0.874. The van der Waals surface area contributed by atoms with Crippen LogP contribution in [0.1, 0.15) is 30.4 Å². The molecule has 2 unspecified atom stereocenters. The smallest absolute Gasteiger partial charge is 0.355 e. The van der Waals surface area contributed by atoms with Crippen molar-refractivity contribution in [3.8, 4) is 0 Å². The predicted octanol–water partition coefficient (Wildman–Crippen LogP) is 2.06. The number of amides is 2. The standard InChI is InChI=1S/C15H17F3N2O2/c1-2-19-13(21)8-20-14(22)12-7-11(12)9-3-5-10(6-4-9)15(16,17)18/h3-6,11-12H,2,7-8H2,1H3,(H,19,21)(H,20,22). The van der Waals surface area contributed by atoms with E-state index in [-0.39, 0.29) is 30.2 Å². The Morgan fingerprint density at radius 1 is 1.18 bits per heavy atom. The van der Waals surface area contributed by atoms with Crippen molar-refractivity contribution >= 4 is 11.8 Å². The van der Waals surface area contributed by atoms with E-state index in [2.05, 4.69) is 10.6 Å². The molecule has 0 radical (unpaired) electrons. The lowest BCUT2D eigenvalue weighted by molar-refractivity contribution is -0.137. The molecule has 7 heteroatoms. The minimum Gasteiger partial charge on any atom is -0.355 e. The average Bonchev–Trinajstić information content (AvgIpc) is 3.25. The van der Waals surface area contributed by atoms with Crippen molar-refractivity contribution in [2.24, 2.45) is 5.92 Å². The molecule has 0 saturated heterocycles. The summed E-state index contributed by atoms with van der Waals surface area (Å²) in [7, 11) is 0. The Balaban J connectivity index is 1.87. The maximum atomic E-state index is 12.5. The van der Waals surface area contributed by atoms with Crippen molar-refractivity contribution < 1.29 is 22.8 Å². The van der Waals surface area contributed by atoms with Gasteiger partial charge < -0.3 is 10.6 Å². The van der Waals surface area contributed by atoms with Crippen molar-refractivity contribution in [3.05, 3.63) is 35.4 Å². The van der Waals surface area contributed by atoms with E-state index < -0.39 is 11.7 Å². The van der Waals surface area contributed by atoms with E-state index in [0.717, 1.165) is 12.1 Å². The SMILES string of the molecule is CCNC(=O)CNC(=O)C1CC1c1ccc(C(F)(F)F)cc1. The van der Waals surface area contributed by atoms with Gasteiger partial charge in [-0.25, -0.2) is 0 Å². The third-order valence-corrected chi connectivity index (χ3v) is 3.59. The summed E-state index contributed by atoms with van der Waals surface area (Å²) in [5, 5.41) is 5.10. The second kappa shape index (κ2) is 6.37. The molecule has 4 nitrogen and oxygen atoms in total. The first kappa shape index (κ1) is 16.3. The van der Waals surface area contributed by atoms with Crippen molar-refractivity contribution in [3.63, 3.8) is 0 Å². The normalized spacial score (nSPS) is 20.4. The van der Waals surface area contributed by atoms with Crippen molar-refractivity contribution in [2.75, 3.05) is 13.1 Å². The lowest BCUT2D eigenvalue weighted by atomic mass is 10.1. The topological polar surface area (TPSA) is 58.2 Å². The number of benzene rings is 1. The van der Waals surface area contributed by atoms with Crippen LogP contribution in [0.5, 0.6) is 0 Å². The van der Waals surface area contributed by atoms with Crippen LogP contribution in [0.3, 0.4) is 0 Å². The van der Waals surface area contributed by atoms with Crippen LogP contribution >= 0.6 is 0 Å². The second-order valence-electron chi connectivity index (χ2n) is 5.24. The number of likely N-dealkylation sites (N-methyl/N-ethyl adjacent to an activating group) is 1. The van der Waals surface area contributed by atoms with Gasteiger partial charge in [-0.3, -0.25) is 9.59 Å². The molecule has 2 rings (SSSR count). The van der Waals surface area contributed by atoms with Gasteiger partial charge in [-0.1, -0.05) is 12.1 Å². The minimum absolute atomic E-state index is 0.0727. The summed E-state index contributed by atoms with van der Waals surface area (Å²) in [5.74, 6) is -0.846. The highest BCUT2D eigenvalue weighted by atomic mass is 19.4. The Bertz CT molecular complexity index is 555. The molecule has 120 valence electrons. The third-order valence-electron chi connectivity index (χ3n) is 3.59. The van der Waals surface area contributed by atoms with Crippen molar-refractivity contribution in [2.45, 2.75) is 25.4 Å². The largest absolute Gasteiger partial charge is 0.416 e. The molecular weight excluding hydrogens is 297 g/mol. The minimum atomic E-state index is -4.36. The van der Waals surface area contributed by atoms with E-state index in [1.165, 1.54) is 12.1 Å². The number of carbonyl (C=O) groups excluding carboxylic acids is 2. The molecule has 0 spiro atoms. The van der Waals surface area contributed by atoms with E-state index in [1.807, 2.05) is 0 Å². The second-order valence-corrected chi connectivity index (χ2v) is 5.24. The van der Waals surface area contributed by atoms with Gasteiger partial charge in [0.2, 0.25) is 11.8 Å². The van der Waals surface area contributed by atoms with E-state index in [1.54, 1.807) is 6.92 Å². The third kappa shape index (κ3) is 3.99. The summed E-state index contributed by atoms with van der Waals surface area (Å²) in [4.78, 5) is 23.1. The van der Waals surface area contributed by atoms with Crippen LogP contribution in [-0.4, -0.2) is 24.9 Å². The molecular formula is C15H17F3N2O2. The number of halogens is 3. The Morgan fingerprint density at radius 3 is 2.36 bits per heavy atom. The zero-order chi connectivity index (χ0) is 16.3. The molecule has 2 N–H and O–H groups in total. The van der Waals surface area contributed by atoms with Crippen LogP contribution in [0.25, 0.3) is 0 Å². The van der Waals surface area contributed by atoms with Crippen molar-refractivity contribution in [1.82, 2.24) is 10.6 Å². The highest BCUT2D eigenvalue weighted by Crippen LogP contribution is 2.47. The summed E-state index contributed by atoms with van der Waals surface area (Å²) in [6.07, 6.45) is -3.77. The highest BCUT2D eigenvalue weighted by molar-refractivity contribution is 5.87. The highest BCUT2D eigenvalue weighted by Gasteiger charge is 2.44. The van der Waals surface area contributed by atoms with E-state index in [0.29, 0.717) is 18.5 Å². The summed E-state index contributed by atoms with van der Waals surface area (Å²) in [6, 6.07) is 4.86. The number of nitrogens with one attached hydrogen (secondary N) is 2. The fourth-order valence-electron chi connectivity index (χ4n) is 2.33. The Morgan fingerprint density at radius 2 is 1.82 bits per heavy atom. The van der Waals surface area contributed by atoms with E-state index in [9.17, 15) is 22.8 Å². The predicted molar refractivity (Wildman–Crippen MR) is 74.0 cm³/mol. The van der Waals surface area contributed by atoms with E-state index in [4.69, 9.17) is 0 Å². The number of rotatable bonds is 5. The molecule has 0 aliphatic heterocycles. The van der Waals surface area contributed by atoms with Gasteiger partial charge in [0.1, 0.15) is 0 Å². The van der Waals surface area contributed by atoms with Crippen LogP contribution in [0.2, 0.25) is 0 Å². The molecule has 1 aliphatic carbocycles. The summed E-state index contributed by atoms with van der Waals surface area (Å²) < 4.78 is 37.4. The van der Waals surface area contributed by atoms with Gasteiger partial charge in [0.25, 0.3) is 0 Å². The van der Waals surface area contributed by atoms with Crippen LogP contribution in [-0.2, 0) is 15.8 Å². The lowest BCUT2D eigenvalue weighted by Crippen LogP contribution is -2.37. The molecule has 22 heavy (non-hydrogen) atoms. The van der Waals surface area contributed by atoms with E-state index >= 15 is 0 Å². The van der Waals surface area contributed by atoms with Crippen LogP contribution in [0, 0.1) is 5.92 Å². The molecule has 0 bridgehead atoms. The first-order valence-electron chi connectivity index (χ1n) is 7.04. The molecule has 2 atom stereocenters. The summed E-state index contributed by atoms with van der Waals surface area (Å²) in [5.41, 5.74) is 0.0142. The Labute approximate surface area is 126 Å². The molecule has 0 aromatic heterocycles. The molecule has 1 saturated carbocycles. The monoisotopic (exact) mass is 314 g/mol. The molecule has 1 fully saturated rings. The fraction of sp³-hybridized carbons (Fsp3) is 0.467. The molecule has 1 aromatic rings. The average molecular weight is 314 g/mol. The van der Waals surface area contributed by atoms with Gasteiger partial charge in [0, 0.05) is 12.5 Å². The molecule has 0 heterocycles. The van der Waals surface area contributed by atoms with Gasteiger partial charge in [0.15, 0.2) is 0 Å². The number of hydrogen-bond acceptors (Lipinski definition) is 2. The fourth-order valence-corrected chi connectivity index (χ4v) is 2.33. The zero-order valence-corrected chi connectivity index (χ0v) is 12.0. The first-order valence-corrected chi connectivity index (χ1v) is 7.04. The van der Waals surface area contributed by atoms with Crippen LogP contribution in [0.4, 0.5) is 13.2 Å². The first-order chi connectivity index (χ1) is 10.3. The van der Waals surface area contributed by atoms with Crippen LogP contribution < -0.4 is 10.6 Å². The van der Waals surface area contributed by atoms with Crippen LogP contribution in [0.15, 0.2) is 24.3 Å². The summed E-state index contributed by atoms with van der Waals surface area (Å²) in [6.45, 7) is 2.19. The lowest BCUT2D eigenvalue weighted by Gasteiger charge is -2.08. The molecule has 1 aliphatic rings. The van der Waals surface area contributed by atoms with Gasteiger partial charge >= 0.3 is 6.18 Å². The molecule has 1 aromatic carbocycles. The Hall–Kier alpha value is -2.05. The Kier molecular flexibility index (Phi) is 4.73.